The van der Waals surface area contributed by atoms with E-state index in [1.165, 1.54) is 11.7 Å². The standard InChI is InChI=1S/C17H22F5N3O2/c1-9(17(20,21)22)27-14(26)23-13-11(15(2)5-4-6-15)12(24-25(13)3)10-7-16(18,19)8-10/h9-10H,4-8H2,1-3H3,(H,23,26)/t9-/m0/s1. The van der Waals surface area contributed by atoms with Crippen molar-refractivity contribution in [3.63, 3.8) is 0 Å². The topological polar surface area (TPSA) is 56.1 Å². The highest BCUT2D eigenvalue weighted by Crippen LogP contribution is 2.54. The van der Waals surface area contributed by atoms with Gasteiger partial charge in [0.05, 0.1) is 5.69 Å². The number of nitrogens with zero attached hydrogens (tertiary/aromatic N) is 2. The number of carbonyl (C=O) groups is 1. The fraction of sp³-hybridized carbons (Fsp3) is 0.765. The van der Waals surface area contributed by atoms with Gasteiger partial charge >= 0.3 is 12.3 Å². The molecule has 0 unspecified atom stereocenters. The molecule has 0 radical (unpaired) electrons. The second kappa shape index (κ2) is 6.34. The number of nitrogens with one attached hydrogen (secondary N) is 1. The summed E-state index contributed by atoms with van der Waals surface area (Å²) in [7, 11) is 1.52. The molecular weight excluding hydrogens is 373 g/mol. The van der Waals surface area contributed by atoms with Gasteiger partial charge in [0.1, 0.15) is 5.82 Å². The third-order valence-electron chi connectivity index (χ3n) is 5.58. The zero-order valence-corrected chi connectivity index (χ0v) is 15.3. The van der Waals surface area contributed by atoms with Crippen molar-refractivity contribution in [1.29, 1.82) is 0 Å². The van der Waals surface area contributed by atoms with Gasteiger partial charge in [0.15, 0.2) is 6.10 Å². The fourth-order valence-electron chi connectivity index (χ4n) is 3.73. The van der Waals surface area contributed by atoms with Gasteiger partial charge < -0.3 is 4.74 Å². The molecule has 2 aliphatic carbocycles. The van der Waals surface area contributed by atoms with E-state index < -0.39 is 30.2 Å². The van der Waals surface area contributed by atoms with Crippen LogP contribution in [-0.4, -0.2) is 34.1 Å². The summed E-state index contributed by atoms with van der Waals surface area (Å²) in [6.07, 6.45) is -6.30. The molecule has 1 N–H and O–H groups in total. The summed E-state index contributed by atoms with van der Waals surface area (Å²) < 4.78 is 70.2. The molecule has 0 aromatic carbocycles. The van der Waals surface area contributed by atoms with E-state index in [1.807, 2.05) is 6.92 Å². The van der Waals surface area contributed by atoms with Crippen LogP contribution in [0.3, 0.4) is 0 Å². The Balaban J connectivity index is 1.86. The lowest BCUT2D eigenvalue weighted by atomic mass is 9.63. The molecule has 2 aliphatic rings. The number of halogens is 5. The minimum Gasteiger partial charge on any atom is -0.437 e. The normalized spacial score (nSPS) is 22.5. The van der Waals surface area contributed by atoms with E-state index in [2.05, 4.69) is 15.2 Å². The van der Waals surface area contributed by atoms with Crippen LogP contribution in [0.4, 0.5) is 32.6 Å². The lowest BCUT2D eigenvalue weighted by Crippen LogP contribution is -2.38. The zero-order valence-electron chi connectivity index (χ0n) is 15.3. The van der Waals surface area contributed by atoms with E-state index in [-0.39, 0.29) is 24.1 Å². The van der Waals surface area contributed by atoms with E-state index in [0.29, 0.717) is 11.3 Å². The quantitative estimate of drug-likeness (QED) is 0.740. The summed E-state index contributed by atoms with van der Waals surface area (Å²) in [5.74, 6) is -2.95. The Morgan fingerprint density at radius 2 is 1.93 bits per heavy atom. The van der Waals surface area contributed by atoms with Crippen LogP contribution < -0.4 is 5.32 Å². The van der Waals surface area contributed by atoms with Gasteiger partial charge in [-0.25, -0.2) is 13.6 Å². The Morgan fingerprint density at radius 3 is 2.37 bits per heavy atom. The minimum atomic E-state index is -4.67. The highest BCUT2D eigenvalue weighted by atomic mass is 19.4. The van der Waals surface area contributed by atoms with Crippen molar-refractivity contribution in [3.05, 3.63) is 11.3 Å². The number of hydrogen-bond acceptors (Lipinski definition) is 3. The van der Waals surface area contributed by atoms with Crippen LogP contribution in [0.25, 0.3) is 0 Å². The third kappa shape index (κ3) is 3.75. The zero-order chi connectivity index (χ0) is 20.2. The number of amides is 1. The Hall–Kier alpha value is -1.87. The lowest BCUT2D eigenvalue weighted by Gasteiger charge is -2.42. The van der Waals surface area contributed by atoms with Crippen LogP contribution in [0.1, 0.15) is 63.1 Å². The van der Waals surface area contributed by atoms with Crippen LogP contribution in [-0.2, 0) is 17.2 Å². The van der Waals surface area contributed by atoms with Crippen LogP contribution in [0.5, 0.6) is 0 Å². The monoisotopic (exact) mass is 395 g/mol. The first-order chi connectivity index (χ1) is 12.3. The van der Waals surface area contributed by atoms with Crippen molar-refractivity contribution < 1.29 is 31.5 Å². The third-order valence-corrected chi connectivity index (χ3v) is 5.58. The second-order valence-electron chi connectivity index (χ2n) is 7.82. The van der Waals surface area contributed by atoms with E-state index in [0.717, 1.165) is 26.2 Å². The molecule has 5 nitrogen and oxygen atoms in total. The SMILES string of the molecule is C[C@H](OC(=O)Nc1c(C2(C)CCC2)c(C2CC(F)(F)C2)nn1C)C(F)(F)F. The Kier molecular flexibility index (Phi) is 4.67. The van der Waals surface area contributed by atoms with Gasteiger partial charge in [-0.2, -0.15) is 18.3 Å². The molecule has 152 valence electrons. The minimum absolute atomic E-state index is 0.210. The van der Waals surface area contributed by atoms with Gasteiger partial charge in [-0.1, -0.05) is 13.3 Å². The van der Waals surface area contributed by atoms with Crippen molar-refractivity contribution in [1.82, 2.24) is 9.78 Å². The molecule has 3 rings (SSSR count). The van der Waals surface area contributed by atoms with Crippen molar-refractivity contribution >= 4 is 11.9 Å². The van der Waals surface area contributed by atoms with Gasteiger partial charge in [-0.3, -0.25) is 10.00 Å². The summed E-state index contributed by atoms with van der Waals surface area (Å²) >= 11 is 0. The predicted molar refractivity (Wildman–Crippen MR) is 87.0 cm³/mol. The van der Waals surface area contributed by atoms with Gasteiger partial charge in [0.2, 0.25) is 5.92 Å². The second-order valence-corrected chi connectivity index (χ2v) is 7.82. The molecule has 1 aromatic heterocycles. The number of hydrogen-bond donors (Lipinski definition) is 1. The van der Waals surface area contributed by atoms with Gasteiger partial charge in [-0.05, 0) is 25.2 Å². The highest BCUT2D eigenvalue weighted by Gasteiger charge is 2.51. The van der Waals surface area contributed by atoms with Crippen LogP contribution in [0, 0.1) is 0 Å². The van der Waals surface area contributed by atoms with Gasteiger partial charge in [-0.15, -0.1) is 0 Å². The Labute approximate surface area is 153 Å². The molecule has 0 saturated heterocycles. The van der Waals surface area contributed by atoms with Crippen molar-refractivity contribution in [2.45, 2.75) is 75.5 Å². The molecule has 2 saturated carbocycles. The van der Waals surface area contributed by atoms with Crippen molar-refractivity contribution in [2.75, 3.05) is 5.32 Å². The van der Waals surface area contributed by atoms with Gasteiger partial charge in [0.25, 0.3) is 0 Å². The number of alkyl halides is 5. The lowest BCUT2D eigenvalue weighted by molar-refractivity contribution is -0.196. The van der Waals surface area contributed by atoms with Crippen LogP contribution in [0.15, 0.2) is 0 Å². The number of ether oxygens (including phenoxy) is 1. The predicted octanol–water partition coefficient (Wildman–Crippen LogP) is 4.87. The number of carbonyl (C=O) groups excluding carboxylic acids is 1. The maximum absolute atomic E-state index is 13.3. The maximum atomic E-state index is 13.3. The first-order valence-corrected chi connectivity index (χ1v) is 8.82. The molecule has 1 amide bonds. The van der Waals surface area contributed by atoms with E-state index in [4.69, 9.17) is 0 Å². The Bertz CT molecular complexity index is 732. The summed E-state index contributed by atoms with van der Waals surface area (Å²) in [6.45, 7) is 2.68. The number of anilines is 1. The first kappa shape index (κ1) is 19.9. The maximum Gasteiger partial charge on any atom is 0.425 e. The molecule has 1 aromatic rings. The summed E-state index contributed by atoms with van der Waals surface area (Å²) in [5, 5.41) is 6.67. The highest BCUT2D eigenvalue weighted by molar-refractivity contribution is 5.85. The summed E-state index contributed by atoms with van der Waals surface area (Å²) in [4.78, 5) is 12.0. The number of aromatic nitrogens is 2. The smallest absolute Gasteiger partial charge is 0.425 e. The molecule has 0 aliphatic heterocycles. The molecule has 2 fully saturated rings. The van der Waals surface area contributed by atoms with Crippen LogP contribution >= 0.6 is 0 Å². The molecule has 0 spiro atoms. The average Bonchev–Trinajstić information content (AvgIpc) is 2.78. The molecule has 1 atom stereocenters. The van der Waals surface area contributed by atoms with E-state index in [1.54, 1.807) is 0 Å². The molecule has 0 bridgehead atoms. The molecule has 1 heterocycles. The van der Waals surface area contributed by atoms with Gasteiger partial charge in [0, 0.05) is 31.4 Å². The van der Waals surface area contributed by atoms with E-state index in [9.17, 15) is 26.7 Å². The van der Waals surface area contributed by atoms with Crippen molar-refractivity contribution in [2.24, 2.45) is 7.05 Å². The Morgan fingerprint density at radius 1 is 1.33 bits per heavy atom. The molecular formula is C17H22F5N3O2. The fourth-order valence-corrected chi connectivity index (χ4v) is 3.73. The largest absolute Gasteiger partial charge is 0.437 e. The number of aryl methyl sites for hydroxylation is 1. The number of rotatable bonds is 4. The first-order valence-electron chi connectivity index (χ1n) is 8.82. The molecule has 27 heavy (non-hydrogen) atoms. The average molecular weight is 395 g/mol. The van der Waals surface area contributed by atoms with Crippen molar-refractivity contribution in [3.8, 4) is 0 Å². The van der Waals surface area contributed by atoms with Crippen LogP contribution in [0.2, 0.25) is 0 Å². The van der Waals surface area contributed by atoms with E-state index >= 15 is 0 Å². The summed E-state index contributed by atoms with van der Waals surface area (Å²) in [6, 6.07) is 0. The molecule has 10 heteroatoms. The summed E-state index contributed by atoms with van der Waals surface area (Å²) in [5.41, 5.74) is 0.769.